The molecule has 0 saturated carbocycles. The maximum atomic E-state index is 11.7. The molecule has 0 radical (unpaired) electrons. The molecule has 2 rings (SSSR count). The molecule has 5 nitrogen and oxygen atoms in total. The summed E-state index contributed by atoms with van der Waals surface area (Å²) < 4.78 is 2.13. The van der Waals surface area contributed by atoms with E-state index >= 15 is 0 Å². The number of nitrogens with two attached hydrogens (primary N) is 1. The summed E-state index contributed by atoms with van der Waals surface area (Å²) in [5.74, 6) is 0.724. The molecule has 23 heavy (non-hydrogen) atoms. The normalized spacial score (nSPS) is 11.1. The van der Waals surface area contributed by atoms with Gasteiger partial charge in [-0.2, -0.15) is 0 Å². The molecule has 0 bridgehead atoms. The molecule has 3 N–H and O–H groups in total. The molecule has 2 aromatic rings. The average Bonchev–Trinajstić information content (AvgIpc) is 2.93. The number of amides is 1. The van der Waals surface area contributed by atoms with Gasteiger partial charge in [0, 0.05) is 30.2 Å². The molecule has 1 aromatic carbocycles. The minimum absolute atomic E-state index is 0. The minimum Gasteiger partial charge on any atom is -0.331 e. The number of carbonyl (C=O) groups excluding carboxylic acids is 1. The van der Waals surface area contributed by atoms with Crippen LogP contribution >= 0.6 is 24.8 Å². The first-order valence-corrected chi connectivity index (χ1v) is 7.30. The van der Waals surface area contributed by atoms with Crippen LogP contribution in [0.15, 0.2) is 36.7 Å². The number of carbonyl (C=O) groups is 1. The second-order valence-corrected chi connectivity index (χ2v) is 5.16. The minimum atomic E-state index is -0.528. The molecule has 0 aliphatic rings. The Kier molecular flexibility index (Phi) is 9.56. The number of nitrogens with one attached hydrogen (secondary N) is 1. The third-order valence-electron chi connectivity index (χ3n) is 3.27. The summed E-state index contributed by atoms with van der Waals surface area (Å²) in [5.41, 5.74) is 7.29. The average molecular weight is 359 g/mol. The van der Waals surface area contributed by atoms with E-state index in [0.717, 1.165) is 36.5 Å². The third kappa shape index (κ3) is 5.86. The van der Waals surface area contributed by atoms with Gasteiger partial charge >= 0.3 is 0 Å². The maximum absolute atomic E-state index is 11.7. The third-order valence-corrected chi connectivity index (χ3v) is 3.27. The number of hydrogen-bond donors (Lipinski definition) is 2. The van der Waals surface area contributed by atoms with Gasteiger partial charge in [-0.25, -0.2) is 4.98 Å². The zero-order valence-corrected chi connectivity index (χ0v) is 15.0. The smallest absolute Gasteiger partial charge is 0.240 e. The van der Waals surface area contributed by atoms with Gasteiger partial charge in [0.05, 0.1) is 6.04 Å². The van der Waals surface area contributed by atoms with Crippen molar-refractivity contribution in [2.24, 2.45) is 5.73 Å². The Morgan fingerprint density at radius 1 is 1.39 bits per heavy atom. The van der Waals surface area contributed by atoms with Gasteiger partial charge in [0.2, 0.25) is 5.91 Å². The Bertz CT molecular complexity index is 614. The molecule has 0 aliphatic heterocycles. The van der Waals surface area contributed by atoms with Gasteiger partial charge in [0.25, 0.3) is 0 Å². The Morgan fingerprint density at radius 3 is 2.78 bits per heavy atom. The van der Waals surface area contributed by atoms with E-state index in [0.29, 0.717) is 0 Å². The molecule has 0 fully saturated rings. The number of rotatable bonds is 6. The lowest BCUT2D eigenvalue weighted by Gasteiger charge is -2.10. The van der Waals surface area contributed by atoms with Crippen LogP contribution in [-0.2, 0) is 11.3 Å². The van der Waals surface area contributed by atoms with Crippen molar-refractivity contribution in [2.45, 2.75) is 39.3 Å². The molecule has 1 amide bonds. The predicted molar refractivity (Wildman–Crippen MR) is 99.3 cm³/mol. The van der Waals surface area contributed by atoms with Gasteiger partial charge in [-0.1, -0.05) is 25.5 Å². The Morgan fingerprint density at radius 2 is 2.13 bits per heavy atom. The van der Waals surface area contributed by atoms with Crippen molar-refractivity contribution >= 4 is 36.4 Å². The van der Waals surface area contributed by atoms with Crippen LogP contribution in [0.4, 0.5) is 5.69 Å². The fourth-order valence-electron chi connectivity index (χ4n) is 2.07. The van der Waals surface area contributed by atoms with Gasteiger partial charge in [-0.3, -0.25) is 4.79 Å². The molecular formula is C16H24Cl2N4O. The Labute approximate surface area is 149 Å². The number of anilines is 1. The van der Waals surface area contributed by atoms with E-state index in [1.54, 1.807) is 13.1 Å². The van der Waals surface area contributed by atoms with Crippen molar-refractivity contribution in [3.63, 3.8) is 0 Å². The first-order chi connectivity index (χ1) is 10.1. The number of aromatic nitrogens is 2. The van der Waals surface area contributed by atoms with E-state index in [1.807, 2.05) is 30.5 Å². The van der Waals surface area contributed by atoms with Crippen LogP contribution in [0.3, 0.4) is 0 Å². The summed E-state index contributed by atoms with van der Waals surface area (Å²) >= 11 is 0. The highest BCUT2D eigenvalue weighted by atomic mass is 35.5. The Balaban J connectivity index is 0.00000242. The van der Waals surface area contributed by atoms with Crippen molar-refractivity contribution in [1.29, 1.82) is 0 Å². The van der Waals surface area contributed by atoms with Crippen molar-refractivity contribution < 1.29 is 4.79 Å². The lowest BCUT2D eigenvalue weighted by atomic mass is 10.1. The number of benzene rings is 1. The van der Waals surface area contributed by atoms with Crippen molar-refractivity contribution in [3.05, 3.63) is 36.7 Å². The second-order valence-electron chi connectivity index (χ2n) is 5.16. The van der Waals surface area contributed by atoms with E-state index in [1.165, 1.54) is 0 Å². The van der Waals surface area contributed by atoms with Crippen LogP contribution in [0.25, 0.3) is 11.4 Å². The molecule has 0 saturated heterocycles. The zero-order chi connectivity index (χ0) is 15.2. The van der Waals surface area contributed by atoms with E-state index in [-0.39, 0.29) is 30.7 Å². The molecule has 0 aliphatic carbocycles. The van der Waals surface area contributed by atoms with E-state index in [4.69, 9.17) is 5.73 Å². The highest BCUT2D eigenvalue weighted by Gasteiger charge is 2.10. The number of hydrogen-bond acceptors (Lipinski definition) is 3. The highest BCUT2D eigenvalue weighted by Crippen LogP contribution is 2.21. The van der Waals surface area contributed by atoms with E-state index in [9.17, 15) is 4.79 Å². The van der Waals surface area contributed by atoms with Gasteiger partial charge in [-0.15, -0.1) is 24.8 Å². The van der Waals surface area contributed by atoms with Crippen LogP contribution in [0, 0.1) is 0 Å². The fourth-order valence-corrected chi connectivity index (χ4v) is 2.07. The standard InChI is InChI=1S/C16H22N4O.2ClH/c1-3-4-9-20-10-8-18-15(20)13-6-5-7-14(11-13)19-16(21)12(2)17;;/h5-8,10-12H,3-4,9,17H2,1-2H3,(H,19,21);2*1H. The maximum Gasteiger partial charge on any atom is 0.240 e. The van der Waals surface area contributed by atoms with Crippen LogP contribution < -0.4 is 11.1 Å². The van der Waals surface area contributed by atoms with E-state index < -0.39 is 6.04 Å². The molecule has 1 heterocycles. The quantitative estimate of drug-likeness (QED) is 0.829. The molecule has 1 unspecified atom stereocenters. The summed E-state index contributed by atoms with van der Waals surface area (Å²) in [6, 6.07) is 7.14. The first kappa shape index (κ1) is 21.4. The zero-order valence-electron chi connectivity index (χ0n) is 13.4. The van der Waals surface area contributed by atoms with Crippen molar-refractivity contribution in [1.82, 2.24) is 9.55 Å². The van der Waals surface area contributed by atoms with Crippen molar-refractivity contribution in [3.8, 4) is 11.4 Å². The molecule has 0 spiro atoms. The highest BCUT2D eigenvalue weighted by molar-refractivity contribution is 5.94. The molecular weight excluding hydrogens is 335 g/mol. The summed E-state index contributed by atoms with van der Waals surface area (Å²) in [4.78, 5) is 16.1. The van der Waals surface area contributed by atoms with Crippen LogP contribution in [0.2, 0.25) is 0 Å². The van der Waals surface area contributed by atoms with Crippen LogP contribution in [-0.4, -0.2) is 21.5 Å². The topological polar surface area (TPSA) is 72.9 Å². The summed E-state index contributed by atoms with van der Waals surface area (Å²) in [6.07, 6.45) is 6.04. The number of unbranched alkanes of at least 4 members (excludes halogenated alkanes) is 1. The van der Waals surface area contributed by atoms with Crippen molar-refractivity contribution in [2.75, 3.05) is 5.32 Å². The van der Waals surface area contributed by atoms with Gasteiger partial charge < -0.3 is 15.6 Å². The number of imidazole rings is 1. The van der Waals surface area contributed by atoms with Crippen LogP contribution in [0.5, 0.6) is 0 Å². The molecule has 1 aromatic heterocycles. The summed E-state index contributed by atoms with van der Waals surface area (Å²) in [6.45, 7) is 4.78. The van der Waals surface area contributed by atoms with Crippen LogP contribution in [0.1, 0.15) is 26.7 Å². The number of halogens is 2. The second kappa shape index (κ2) is 10.3. The lowest BCUT2D eigenvalue weighted by Crippen LogP contribution is -2.32. The molecule has 128 valence electrons. The number of nitrogens with zero attached hydrogens (tertiary/aromatic N) is 2. The SMILES string of the molecule is CCCCn1ccnc1-c1cccc(NC(=O)C(C)N)c1.Cl.Cl. The fraction of sp³-hybridized carbons (Fsp3) is 0.375. The predicted octanol–water partition coefficient (Wildman–Crippen LogP) is 3.48. The molecule has 7 heteroatoms. The monoisotopic (exact) mass is 358 g/mol. The largest absolute Gasteiger partial charge is 0.331 e. The lowest BCUT2D eigenvalue weighted by molar-refractivity contribution is -0.117. The van der Waals surface area contributed by atoms with Gasteiger partial charge in [0.15, 0.2) is 0 Å². The Hall–Kier alpha value is -1.56. The van der Waals surface area contributed by atoms with Gasteiger partial charge in [0.1, 0.15) is 5.82 Å². The summed E-state index contributed by atoms with van der Waals surface area (Å²) in [7, 11) is 0. The summed E-state index contributed by atoms with van der Waals surface area (Å²) in [5, 5.41) is 2.81. The van der Waals surface area contributed by atoms with E-state index in [2.05, 4.69) is 21.8 Å². The first-order valence-electron chi connectivity index (χ1n) is 7.30. The molecule has 1 atom stereocenters. The van der Waals surface area contributed by atoms with Gasteiger partial charge in [-0.05, 0) is 25.5 Å². The number of aryl methyl sites for hydroxylation is 1.